The summed E-state index contributed by atoms with van der Waals surface area (Å²) in [7, 11) is 0. The average molecular weight is 597 g/mol. The maximum Gasteiger partial charge on any atom is 0.254 e. The molecule has 0 saturated heterocycles. The summed E-state index contributed by atoms with van der Waals surface area (Å²) < 4.78 is 14.1. The van der Waals surface area contributed by atoms with Crippen molar-refractivity contribution in [2.24, 2.45) is 0 Å². The summed E-state index contributed by atoms with van der Waals surface area (Å²) >= 11 is 3.50. The molecule has 1 aliphatic rings. The summed E-state index contributed by atoms with van der Waals surface area (Å²) in [4.78, 5) is 30.9. The van der Waals surface area contributed by atoms with Gasteiger partial charge in [0.25, 0.3) is 5.91 Å². The van der Waals surface area contributed by atoms with Crippen molar-refractivity contribution >= 4 is 27.7 Å². The predicted molar refractivity (Wildman–Crippen MR) is 156 cm³/mol. The molecular formula is C31H38BrN3O4. The zero-order valence-electron chi connectivity index (χ0n) is 22.9. The summed E-state index contributed by atoms with van der Waals surface area (Å²) in [6.45, 7) is 6.88. The molecule has 0 atom stereocenters. The molecule has 4 rings (SSSR count). The molecule has 0 N–H and O–H groups in total. The Morgan fingerprint density at radius 1 is 0.897 bits per heavy atom. The summed E-state index contributed by atoms with van der Waals surface area (Å²) in [5.74, 6) is 1.01. The number of halogens is 1. The van der Waals surface area contributed by atoms with Crippen molar-refractivity contribution in [3.8, 4) is 11.5 Å². The molecule has 0 unspecified atom stereocenters. The number of nitrogens with zero attached hydrogens (tertiary/aromatic N) is 3. The quantitative estimate of drug-likeness (QED) is 0.200. The summed E-state index contributed by atoms with van der Waals surface area (Å²) in [5, 5.41) is 0. The molecule has 2 heterocycles. The Kier molecular flexibility index (Phi) is 10.5. The first-order chi connectivity index (χ1) is 19.0. The third-order valence-corrected chi connectivity index (χ3v) is 7.47. The fraction of sp³-hybridized carbons (Fsp3) is 0.419. The van der Waals surface area contributed by atoms with Gasteiger partial charge in [0, 0.05) is 41.6 Å². The molecule has 0 fully saturated rings. The van der Waals surface area contributed by atoms with Crippen LogP contribution < -0.4 is 9.47 Å². The molecule has 208 valence electrons. The number of fused-ring (bicyclic) bond motifs is 1. The van der Waals surface area contributed by atoms with Gasteiger partial charge in [-0.05, 0) is 60.9 Å². The molecule has 7 nitrogen and oxygen atoms in total. The number of ether oxygens (including phenoxy) is 2. The first-order valence-electron chi connectivity index (χ1n) is 13.8. The second-order valence-electron chi connectivity index (χ2n) is 9.92. The molecule has 0 bridgehead atoms. The Morgan fingerprint density at radius 3 is 2.41 bits per heavy atom. The minimum atomic E-state index is -0.160. The van der Waals surface area contributed by atoms with Gasteiger partial charge in [-0.15, -0.1) is 0 Å². The number of hydrogen-bond donors (Lipinski definition) is 0. The molecule has 39 heavy (non-hydrogen) atoms. The largest absolute Gasteiger partial charge is 0.454 e. The van der Waals surface area contributed by atoms with Crippen LogP contribution in [0.15, 0.2) is 65.3 Å². The Hall–Kier alpha value is -3.26. The van der Waals surface area contributed by atoms with Gasteiger partial charge in [0.2, 0.25) is 12.7 Å². The Bertz CT molecular complexity index is 1240. The first kappa shape index (κ1) is 28.7. The zero-order chi connectivity index (χ0) is 27.6. The van der Waals surface area contributed by atoms with Gasteiger partial charge in [-0.3, -0.25) is 9.59 Å². The Balaban J connectivity index is 1.49. The molecule has 2 aromatic carbocycles. The van der Waals surface area contributed by atoms with Crippen molar-refractivity contribution in [2.45, 2.75) is 59.0 Å². The van der Waals surface area contributed by atoms with Crippen molar-refractivity contribution in [1.29, 1.82) is 0 Å². The normalized spacial score (nSPS) is 12.0. The van der Waals surface area contributed by atoms with Gasteiger partial charge in [-0.2, -0.15) is 0 Å². The summed E-state index contributed by atoms with van der Waals surface area (Å²) in [6.07, 6.45) is 6.84. The van der Waals surface area contributed by atoms with E-state index in [1.807, 2.05) is 23.1 Å². The molecule has 1 aliphatic heterocycles. The topological polar surface area (TPSA) is 64.0 Å². The molecule has 0 aliphatic carbocycles. The second kappa shape index (κ2) is 14.2. The van der Waals surface area contributed by atoms with Crippen molar-refractivity contribution in [3.05, 3.63) is 82.1 Å². The SMILES string of the molecule is CCCCCN(CC(=O)N(CCCC)Cc1cccn1Cc1ccc(Br)cc1)C(=O)c1ccc2c(c1)OCO2. The van der Waals surface area contributed by atoms with Crippen LogP contribution in [0.5, 0.6) is 11.5 Å². The molecule has 8 heteroatoms. The van der Waals surface area contributed by atoms with Crippen LogP contribution in [0.1, 0.15) is 67.6 Å². The highest BCUT2D eigenvalue weighted by Crippen LogP contribution is 2.33. The lowest BCUT2D eigenvalue weighted by Crippen LogP contribution is -2.43. The van der Waals surface area contributed by atoms with Gasteiger partial charge in [-0.25, -0.2) is 0 Å². The van der Waals surface area contributed by atoms with Gasteiger partial charge in [-0.1, -0.05) is 61.2 Å². The van der Waals surface area contributed by atoms with Crippen molar-refractivity contribution in [3.63, 3.8) is 0 Å². The lowest BCUT2D eigenvalue weighted by molar-refractivity contribution is -0.132. The number of benzene rings is 2. The fourth-order valence-corrected chi connectivity index (χ4v) is 4.92. The van der Waals surface area contributed by atoms with Crippen LogP contribution in [-0.2, 0) is 17.9 Å². The van der Waals surface area contributed by atoms with E-state index in [0.717, 1.165) is 48.8 Å². The van der Waals surface area contributed by atoms with E-state index in [4.69, 9.17) is 9.47 Å². The summed E-state index contributed by atoms with van der Waals surface area (Å²) in [5.41, 5.74) is 2.77. The number of carbonyl (C=O) groups excluding carboxylic acids is 2. The highest BCUT2D eigenvalue weighted by molar-refractivity contribution is 9.10. The third kappa shape index (κ3) is 7.88. The number of amides is 2. The number of rotatable bonds is 14. The minimum absolute atomic E-state index is 0.0366. The van der Waals surface area contributed by atoms with Gasteiger partial charge >= 0.3 is 0 Å². The van der Waals surface area contributed by atoms with Crippen LogP contribution in [0.4, 0.5) is 0 Å². The maximum atomic E-state index is 13.7. The summed E-state index contributed by atoms with van der Waals surface area (Å²) in [6, 6.07) is 17.6. The maximum absolute atomic E-state index is 13.7. The van der Waals surface area contributed by atoms with Crippen molar-refractivity contribution in [1.82, 2.24) is 14.4 Å². The van der Waals surface area contributed by atoms with E-state index in [9.17, 15) is 9.59 Å². The van der Waals surface area contributed by atoms with Gasteiger partial charge in [0.1, 0.15) is 6.54 Å². The highest BCUT2D eigenvalue weighted by atomic mass is 79.9. The standard InChI is InChI=1S/C31H38BrN3O4/c1-3-5-7-17-35(31(37)25-12-15-28-29(19-25)39-23-38-28)22-30(36)34(16-6-4-2)21-27-9-8-18-33(27)20-24-10-13-26(32)14-11-24/h8-15,18-19H,3-7,16-17,20-23H2,1-2H3. The lowest BCUT2D eigenvalue weighted by atomic mass is 10.1. The van der Waals surface area contributed by atoms with E-state index >= 15 is 0 Å². The second-order valence-corrected chi connectivity index (χ2v) is 10.8. The number of carbonyl (C=O) groups is 2. The highest BCUT2D eigenvalue weighted by Gasteiger charge is 2.24. The molecular weight excluding hydrogens is 558 g/mol. The molecule has 2 amide bonds. The van der Waals surface area contributed by atoms with E-state index in [2.05, 4.69) is 58.7 Å². The fourth-order valence-electron chi connectivity index (χ4n) is 4.65. The van der Waals surface area contributed by atoms with Crippen LogP contribution in [0.25, 0.3) is 0 Å². The number of hydrogen-bond acceptors (Lipinski definition) is 4. The van der Waals surface area contributed by atoms with E-state index in [0.29, 0.717) is 36.7 Å². The van der Waals surface area contributed by atoms with Crippen LogP contribution in [-0.4, -0.2) is 52.6 Å². The van der Waals surface area contributed by atoms with E-state index in [1.165, 1.54) is 5.56 Å². The molecule has 3 aromatic rings. The van der Waals surface area contributed by atoms with E-state index in [1.54, 1.807) is 23.1 Å². The van der Waals surface area contributed by atoms with E-state index in [-0.39, 0.29) is 25.2 Å². The predicted octanol–water partition coefficient (Wildman–Crippen LogP) is 6.49. The van der Waals surface area contributed by atoms with Crippen LogP contribution in [0.3, 0.4) is 0 Å². The van der Waals surface area contributed by atoms with Gasteiger partial charge in [0.15, 0.2) is 11.5 Å². The number of unbranched alkanes of at least 4 members (excludes halogenated alkanes) is 3. The van der Waals surface area contributed by atoms with Crippen molar-refractivity contribution < 1.29 is 19.1 Å². The van der Waals surface area contributed by atoms with Crippen LogP contribution >= 0.6 is 15.9 Å². The van der Waals surface area contributed by atoms with Gasteiger partial charge < -0.3 is 23.8 Å². The van der Waals surface area contributed by atoms with E-state index < -0.39 is 0 Å². The number of aromatic nitrogens is 1. The van der Waals surface area contributed by atoms with Crippen molar-refractivity contribution in [2.75, 3.05) is 26.4 Å². The Morgan fingerprint density at radius 2 is 1.64 bits per heavy atom. The zero-order valence-corrected chi connectivity index (χ0v) is 24.5. The molecule has 0 spiro atoms. The van der Waals surface area contributed by atoms with Gasteiger partial charge in [0.05, 0.1) is 6.54 Å². The van der Waals surface area contributed by atoms with Crippen LogP contribution in [0, 0.1) is 0 Å². The lowest BCUT2D eigenvalue weighted by Gasteiger charge is -2.28. The molecule has 0 saturated carbocycles. The monoisotopic (exact) mass is 595 g/mol. The smallest absolute Gasteiger partial charge is 0.254 e. The first-order valence-corrected chi connectivity index (χ1v) is 14.6. The molecule has 0 radical (unpaired) electrons. The Labute approximate surface area is 239 Å². The average Bonchev–Trinajstić information content (AvgIpc) is 3.60. The van der Waals surface area contributed by atoms with Crippen LogP contribution in [0.2, 0.25) is 0 Å². The molecule has 1 aromatic heterocycles. The third-order valence-electron chi connectivity index (χ3n) is 6.94. The minimum Gasteiger partial charge on any atom is -0.454 e.